The van der Waals surface area contributed by atoms with Crippen LogP contribution in [0.25, 0.3) is 0 Å². The summed E-state index contributed by atoms with van der Waals surface area (Å²) in [4.78, 5) is 22.2. The fourth-order valence-electron chi connectivity index (χ4n) is 3.98. The van der Waals surface area contributed by atoms with Gasteiger partial charge in [-0.2, -0.15) is 0 Å². The van der Waals surface area contributed by atoms with Crippen LogP contribution in [0.4, 0.5) is 0 Å². The lowest BCUT2D eigenvalue weighted by atomic mass is 9.93. The fourth-order valence-corrected chi connectivity index (χ4v) is 3.98. The largest absolute Gasteiger partial charge is 0.341 e. The van der Waals surface area contributed by atoms with Crippen molar-refractivity contribution in [2.75, 3.05) is 26.2 Å². The van der Waals surface area contributed by atoms with Gasteiger partial charge in [0.05, 0.1) is 11.1 Å². The average Bonchev–Trinajstić information content (AvgIpc) is 3.48. The number of nitrogens with zero attached hydrogens (tertiary/aromatic N) is 3. The lowest BCUT2D eigenvalue weighted by Crippen LogP contribution is -2.41. The van der Waals surface area contributed by atoms with E-state index >= 15 is 0 Å². The lowest BCUT2D eigenvalue weighted by Gasteiger charge is -2.27. The first-order valence-electron chi connectivity index (χ1n) is 9.66. The highest BCUT2D eigenvalue weighted by Crippen LogP contribution is 2.49. The number of benzene rings is 1. The molecule has 4 nitrogen and oxygen atoms in total. The molecule has 1 aromatic carbocycles. The highest BCUT2D eigenvalue weighted by molar-refractivity contribution is 5.91. The number of hydrogen-bond acceptors (Lipinski definition) is 3. The van der Waals surface area contributed by atoms with Crippen molar-refractivity contribution in [2.24, 2.45) is 0 Å². The maximum Gasteiger partial charge on any atom is 0.233 e. The van der Waals surface area contributed by atoms with Crippen molar-refractivity contribution in [3.05, 3.63) is 65.5 Å². The Morgan fingerprint density at radius 2 is 1.85 bits per heavy atom. The van der Waals surface area contributed by atoms with E-state index in [1.807, 2.05) is 18.3 Å². The highest BCUT2D eigenvalue weighted by atomic mass is 16.2. The topological polar surface area (TPSA) is 36.4 Å². The number of hydrogen-bond donors (Lipinski definition) is 0. The van der Waals surface area contributed by atoms with Crippen LogP contribution in [0, 0.1) is 6.92 Å². The van der Waals surface area contributed by atoms with Crippen LogP contribution >= 0.6 is 0 Å². The number of aryl methyl sites for hydroxylation is 1. The third-order valence-corrected chi connectivity index (χ3v) is 5.75. The fraction of sp³-hybridized carbons (Fsp3) is 0.455. The Balaban J connectivity index is 1.41. The van der Waals surface area contributed by atoms with E-state index in [0.717, 1.165) is 57.7 Å². The smallest absolute Gasteiger partial charge is 0.233 e. The van der Waals surface area contributed by atoms with Gasteiger partial charge in [-0.25, -0.2) is 0 Å². The van der Waals surface area contributed by atoms with Gasteiger partial charge in [0, 0.05) is 38.9 Å². The zero-order chi connectivity index (χ0) is 18.0. The Kier molecular flexibility index (Phi) is 4.77. The van der Waals surface area contributed by atoms with Gasteiger partial charge >= 0.3 is 0 Å². The molecule has 0 unspecified atom stereocenters. The molecule has 1 aromatic heterocycles. The maximum absolute atomic E-state index is 13.3. The summed E-state index contributed by atoms with van der Waals surface area (Å²) in [5.74, 6) is 0.334. The number of carbonyl (C=O) groups is 1. The van der Waals surface area contributed by atoms with Crippen LogP contribution in [0.3, 0.4) is 0 Å². The summed E-state index contributed by atoms with van der Waals surface area (Å²) in [6.45, 7) is 6.59. The van der Waals surface area contributed by atoms with E-state index in [1.165, 1.54) is 11.1 Å². The minimum absolute atomic E-state index is 0.246. The Morgan fingerprint density at radius 1 is 1.04 bits per heavy atom. The molecule has 1 saturated heterocycles. The SMILES string of the molecule is Cc1ccc(C2(C(=O)N3CCCN(Cc4ccccn4)CC3)CC2)cc1. The van der Waals surface area contributed by atoms with Crippen LogP contribution < -0.4 is 0 Å². The van der Waals surface area contributed by atoms with E-state index in [9.17, 15) is 4.79 Å². The van der Waals surface area contributed by atoms with Crippen LogP contribution in [0.1, 0.15) is 36.1 Å². The van der Waals surface area contributed by atoms with E-state index in [1.54, 1.807) is 0 Å². The summed E-state index contributed by atoms with van der Waals surface area (Å²) in [6, 6.07) is 14.6. The Morgan fingerprint density at radius 3 is 2.54 bits per heavy atom. The van der Waals surface area contributed by atoms with Crippen molar-refractivity contribution in [3.63, 3.8) is 0 Å². The zero-order valence-corrected chi connectivity index (χ0v) is 15.5. The molecule has 136 valence electrons. The minimum atomic E-state index is -0.246. The van der Waals surface area contributed by atoms with Crippen molar-refractivity contribution >= 4 is 5.91 Å². The van der Waals surface area contributed by atoms with E-state index in [2.05, 4.69) is 52.0 Å². The van der Waals surface area contributed by atoms with E-state index in [-0.39, 0.29) is 5.41 Å². The molecule has 2 heterocycles. The van der Waals surface area contributed by atoms with Crippen molar-refractivity contribution in [1.29, 1.82) is 0 Å². The van der Waals surface area contributed by atoms with E-state index < -0.39 is 0 Å². The molecule has 4 rings (SSSR count). The van der Waals surface area contributed by atoms with Gasteiger partial charge < -0.3 is 4.90 Å². The summed E-state index contributed by atoms with van der Waals surface area (Å²) in [7, 11) is 0. The molecular formula is C22H27N3O. The number of rotatable bonds is 4. The van der Waals surface area contributed by atoms with Crippen LogP contribution in [0.5, 0.6) is 0 Å². The molecule has 0 atom stereocenters. The van der Waals surface area contributed by atoms with Gasteiger partial charge in [0.2, 0.25) is 5.91 Å². The third kappa shape index (κ3) is 3.51. The standard InChI is InChI=1S/C22H27N3O/c1-18-6-8-19(9-7-18)22(10-11-22)21(26)25-14-4-13-24(15-16-25)17-20-5-2-3-12-23-20/h2-3,5-9,12H,4,10-11,13-17H2,1H3. The van der Waals surface area contributed by atoms with Gasteiger partial charge in [0.15, 0.2) is 0 Å². The van der Waals surface area contributed by atoms with Crippen molar-refractivity contribution in [2.45, 2.75) is 38.1 Å². The molecule has 1 aliphatic heterocycles. The summed E-state index contributed by atoms with van der Waals surface area (Å²) in [5, 5.41) is 0. The molecule has 0 radical (unpaired) electrons. The molecular weight excluding hydrogens is 322 g/mol. The quantitative estimate of drug-likeness (QED) is 0.851. The molecule has 2 aromatic rings. The molecule has 2 fully saturated rings. The maximum atomic E-state index is 13.3. The lowest BCUT2D eigenvalue weighted by molar-refractivity contribution is -0.133. The predicted octanol–water partition coefficient (Wildman–Crippen LogP) is 3.16. The molecule has 1 amide bonds. The molecule has 0 N–H and O–H groups in total. The molecule has 0 bridgehead atoms. The monoisotopic (exact) mass is 349 g/mol. The zero-order valence-electron chi connectivity index (χ0n) is 15.5. The van der Waals surface area contributed by atoms with Crippen LogP contribution in [0.15, 0.2) is 48.7 Å². The van der Waals surface area contributed by atoms with Crippen LogP contribution in [0.2, 0.25) is 0 Å². The molecule has 0 spiro atoms. The van der Waals surface area contributed by atoms with Gasteiger partial charge in [-0.15, -0.1) is 0 Å². The van der Waals surface area contributed by atoms with Gasteiger partial charge in [0.1, 0.15) is 0 Å². The van der Waals surface area contributed by atoms with E-state index in [4.69, 9.17) is 0 Å². The van der Waals surface area contributed by atoms with Crippen molar-refractivity contribution in [1.82, 2.24) is 14.8 Å². The third-order valence-electron chi connectivity index (χ3n) is 5.75. The van der Waals surface area contributed by atoms with Crippen molar-refractivity contribution in [3.8, 4) is 0 Å². The number of aromatic nitrogens is 1. The summed E-state index contributed by atoms with van der Waals surface area (Å²) in [5.41, 5.74) is 3.30. The summed E-state index contributed by atoms with van der Waals surface area (Å²) in [6.07, 6.45) is 4.86. The second-order valence-corrected chi connectivity index (χ2v) is 7.69. The molecule has 1 saturated carbocycles. The first kappa shape index (κ1) is 17.2. The molecule has 26 heavy (non-hydrogen) atoms. The number of amides is 1. The van der Waals surface area contributed by atoms with Crippen molar-refractivity contribution < 1.29 is 4.79 Å². The highest BCUT2D eigenvalue weighted by Gasteiger charge is 2.52. The second kappa shape index (κ2) is 7.20. The van der Waals surface area contributed by atoms with Gasteiger partial charge in [-0.05, 0) is 43.9 Å². The Bertz CT molecular complexity index is 753. The first-order chi connectivity index (χ1) is 12.7. The normalized spacial score (nSPS) is 19.8. The minimum Gasteiger partial charge on any atom is -0.341 e. The summed E-state index contributed by atoms with van der Waals surface area (Å²) < 4.78 is 0. The van der Waals surface area contributed by atoms with Gasteiger partial charge in [-0.1, -0.05) is 35.9 Å². The van der Waals surface area contributed by atoms with Crippen LogP contribution in [-0.4, -0.2) is 46.9 Å². The van der Waals surface area contributed by atoms with Gasteiger partial charge in [0.25, 0.3) is 0 Å². The Labute approximate surface area is 155 Å². The Hall–Kier alpha value is -2.20. The molecule has 1 aliphatic carbocycles. The number of carbonyl (C=O) groups excluding carboxylic acids is 1. The van der Waals surface area contributed by atoms with Crippen LogP contribution in [-0.2, 0) is 16.8 Å². The second-order valence-electron chi connectivity index (χ2n) is 7.69. The first-order valence-corrected chi connectivity index (χ1v) is 9.66. The number of pyridine rings is 1. The van der Waals surface area contributed by atoms with E-state index in [0.29, 0.717) is 5.91 Å². The predicted molar refractivity (Wildman–Crippen MR) is 103 cm³/mol. The van der Waals surface area contributed by atoms with Gasteiger partial charge in [-0.3, -0.25) is 14.7 Å². The molecule has 2 aliphatic rings. The summed E-state index contributed by atoms with van der Waals surface area (Å²) >= 11 is 0. The average molecular weight is 349 g/mol. The molecule has 4 heteroatoms.